The molecule has 0 radical (unpaired) electrons. The molecule has 0 spiro atoms. The number of aryl methyl sites for hydroxylation is 1. The second-order valence-electron chi connectivity index (χ2n) is 10.7. The molecule has 1 saturated carbocycles. The Morgan fingerprint density at radius 2 is 1.84 bits per heavy atom. The van der Waals surface area contributed by atoms with Gasteiger partial charge in [-0.25, -0.2) is 9.97 Å². The molecule has 0 amide bonds. The van der Waals surface area contributed by atoms with Crippen molar-refractivity contribution in [1.29, 1.82) is 0 Å². The fourth-order valence-corrected chi connectivity index (χ4v) is 5.62. The lowest BCUT2D eigenvalue weighted by atomic mass is 9.86. The summed E-state index contributed by atoms with van der Waals surface area (Å²) in [5.41, 5.74) is 5.18. The summed E-state index contributed by atoms with van der Waals surface area (Å²) in [7, 11) is 3.93. The second kappa shape index (κ2) is 9.63. The molecule has 0 atom stereocenters. The van der Waals surface area contributed by atoms with E-state index >= 15 is 0 Å². The Labute approximate surface area is 217 Å². The van der Waals surface area contributed by atoms with Gasteiger partial charge in [0.1, 0.15) is 11.6 Å². The second-order valence-corrected chi connectivity index (χ2v) is 10.7. The number of pyridine rings is 3. The number of H-pyrrole nitrogens is 1. The highest BCUT2D eigenvalue weighted by atomic mass is 16.1. The number of benzene rings is 1. The standard InChI is InChI=1S/C30H34N6O/c1-19-16-23(5-8-25(19)20-11-14-36(15-12-20)24-6-7-24)33-29-28-21(10-13-31-30(28)37)17-26(34-29)22-4-9-27(32-18-22)35(2)3/h4-5,8-10,13,16-18,20,24H,6-7,11-12,14-15H2,1-3H3,(H,31,37)(H,33,34). The molecule has 1 aliphatic carbocycles. The lowest BCUT2D eigenvalue weighted by molar-refractivity contribution is 0.203. The van der Waals surface area contributed by atoms with E-state index in [4.69, 9.17) is 4.98 Å². The topological polar surface area (TPSA) is 77.1 Å². The van der Waals surface area contributed by atoms with E-state index in [-0.39, 0.29) is 5.56 Å². The molecule has 1 aromatic carbocycles. The zero-order valence-corrected chi connectivity index (χ0v) is 21.8. The maximum Gasteiger partial charge on any atom is 0.259 e. The number of hydrogen-bond acceptors (Lipinski definition) is 6. The van der Waals surface area contributed by atoms with Crippen LogP contribution in [0.3, 0.4) is 0 Å². The van der Waals surface area contributed by atoms with Gasteiger partial charge in [0, 0.05) is 43.8 Å². The molecule has 190 valence electrons. The van der Waals surface area contributed by atoms with Crippen LogP contribution >= 0.6 is 0 Å². The molecule has 0 bridgehead atoms. The smallest absolute Gasteiger partial charge is 0.259 e. The van der Waals surface area contributed by atoms with E-state index in [9.17, 15) is 4.79 Å². The van der Waals surface area contributed by atoms with Crippen molar-refractivity contribution in [3.05, 3.63) is 76.3 Å². The lowest BCUT2D eigenvalue weighted by Crippen LogP contribution is -2.34. The molecule has 2 aliphatic rings. The molecule has 4 aromatic rings. The highest BCUT2D eigenvalue weighted by Gasteiger charge is 2.32. The molecular formula is C30H34N6O. The Bertz CT molecular complexity index is 1480. The largest absolute Gasteiger partial charge is 0.363 e. The fraction of sp³-hybridized carbons (Fsp3) is 0.367. The number of aromatic amines is 1. The molecule has 0 unspecified atom stereocenters. The number of fused-ring (bicyclic) bond motifs is 1. The number of hydrogen-bond donors (Lipinski definition) is 2. The van der Waals surface area contributed by atoms with Gasteiger partial charge in [0.15, 0.2) is 0 Å². The monoisotopic (exact) mass is 494 g/mol. The first-order valence-corrected chi connectivity index (χ1v) is 13.2. The Hall–Kier alpha value is -3.71. The van der Waals surface area contributed by atoms with Crippen molar-refractivity contribution in [3.8, 4) is 11.3 Å². The van der Waals surface area contributed by atoms with Gasteiger partial charge < -0.3 is 20.1 Å². The number of aromatic nitrogens is 3. The predicted octanol–water partition coefficient (Wildman–Crippen LogP) is 5.44. The first-order chi connectivity index (χ1) is 18.0. The van der Waals surface area contributed by atoms with Crippen LogP contribution in [0.2, 0.25) is 0 Å². The minimum atomic E-state index is -0.157. The van der Waals surface area contributed by atoms with E-state index in [1.165, 1.54) is 49.9 Å². The van der Waals surface area contributed by atoms with E-state index in [0.717, 1.165) is 34.2 Å². The van der Waals surface area contributed by atoms with Gasteiger partial charge in [0.25, 0.3) is 5.56 Å². The molecular weight excluding hydrogens is 460 g/mol. The Balaban J connectivity index is 1.30. The van der Waals surface area contributed by atoms with Crippen LogP contribution in [0, 0.1) is 6.92 Å². The van der Waals surface area contributed by atoms with Gasteiger partial charge in [-0.1, -0.05) is 6.07 Å². The molecule has 1 aliphatic heterocycles. The summed E-state index contributed by atoms with van der Waals surface area (Å²) in [6.45, 7) is 4.62. The fourth-order valence-electron chi connectivity index (χ4n) is 5.62. The van der Waals surface area contributed by atoms with Crippen LogP contribution in [0.1, 0.15) is 42.7 Å². The van der Waals surface area contributed by atoms with Gasteiger partial charge in [-0.3, -0.25) is 4.79 Å². The van der Waals surface area contributed by atoms with E-state index in [2.05, 4.69) is 45.3 Å². The number of anilines is 3. The van der Waals surface area contributed by atoms with Gasteiger partial charge in [-0.05, 0) is 105 Å². The van der Waals surface area contributed by atoms with Crippen LogP contribution in [-0.2, 0) is 0 Å². The maximum absolute atomic E-state index is 12.8. The quantitative estimate of drug-likeness (QED) is 0.371. The molecule has 3 aromatic heterocycles. The highest BCUT2D eigenvalue weighted by Crippen LogP contribution is 2.36. The Morgan fingerprint density at radius 1 is 1.03 bits per heavy atom. The summed E-state index contributed by atoms with van der Waals surface area (Å²) < 4.78 is 0. The van der Waals surface area contributed by atoms with Crippen molar-refractivity contribution < 1.29 is 0 Å². The zero-order valence-electron chi connectivity index (χ0n) is 21.8. The molecule has 2 fully saturated rings. The average molecular weight is 495 g/mol. The molecule has 2 N–H and O–H groups in total. The van der Waals surface area contributed by atoms with E-state index in [0.29, 0.717) is 17.1 Å². The Kier molecular flexibility index (Phi) is 6.16. The summed E-state index contributed by atoms with van der Waals surface area (Å²) in [6, 6.07) is 15.3. The first-order valence-electron chi connectivity index (χ1n) is 13.2. The van der Waals surface area contributed by atoms with Gasteiger partial charge in [-0.2, -0.15) is 0 Å². The molecule has 7 heteroatoms. The average Bonchev–Trinajstić information content (AvgIpc) is 3.75. The molecule has 6 rings (SSSR count). The van der Waals surface area contributed by atoms with Crippen molar-refractivity contribution in [1.82, 2.24) is 19.9 Å². The van der Waals surface area contributed by atoms with E-state index in [1.54, 1.807) is 6.20 Å². The summed E-state index contributed by atoms with van der Waals surface area (Å²) in [5.74, 6) is 2.05. The van der Waals surface area contributed by atoms with Crippen molar-refractivity contribution in [2.75, 3.05) is 37.4 Å². The van der Waals surface area contributed by atoms with Gasteiger partial charge >= 0.3 is 0 Å². The first kappa shape index (κ1) is 23.7. The van der Waals surface area contributed by atoms with E-state index in [1.807, 2.05) is 49.5 Å². The van der Waals surface area contributed by atoms with Crippen LogP contribution < -0.4 is 15.8 Å². The van der Waals surface area contributed by atoms with Crippen LogP contribution in [-0.4, -0.2) is 53.1 Å². The van der Waals surface area contributed by atoms with Gasteiger partial charge in [0.2, 0.25) is 0 Å². The van der Waals surface area contributed by atoms with Crippen LogP contribution in [0.5, 0.6) is 0 Å². The lowest BCUT2D eigenvalue weighted by Gasteiger charge is -2.33. The van der Waals surface area contributed by atoms with Crippen LogP contribution in [0.15, 0.2) is 59.7 Å². The van der Waals surface area contributed by atoms with E-state index < -0.39 is 0 Å². The summed E-state index contributed by atoms with van der Waals surface area (Å²) >= 11 is 0. The van der Waals surface area contributed by atoms with Crippen molar-refractivity contribution in [2.24, 2.45) is 0 Å². The minimum absolute atomic E-state index is 0.157. The predicted molar refractivity (Wildman–Crippen MR) is 151 cm³/mol. The SMILES string of the molecule is Cc1cc(Nc2nc(-c3ccc(N(C)C)nc3)cc3cc[nH]c(=O)c23)ccc1C1CCN(C2CC2)CC1. The van der Waals surface area contributed by atoms with Crippen molar-refractivity contribution in [3.63, 3.8) is 0 Å². The maximum atomic E-state index is 12.8. The molecule has 37 heavy (non-hydrogen) atoms. The van der Waals surface area contributed by atoms with Gasteiger partial charge in [0.05, 0.1) is 11.1 Å². The summed E-state index contributed by atoms with van der Waals surface area (Å²) in [4.78, 5) is 29.7. The molecule has 1 saturated heterocycles. The van der Waals surface area contributed by atoms with Gasteiger partial charge in [-0.15, -0.1) is 0 Å². The Morgan fingerprint density at radius 3 is 2.51 bits per heavy atom. The summed E-state index contributed by atoms with van der Waals surface area (Å²) in [6.07, 6.45) is 8.74. The third-order valence-corrected chi connectivity index (χ3v) is 7.82. The van der Waals surface area contributed by atoms with Crippen LogP contribution in [0.25, 0.3) is 22.0 Å². The number of rotatable bonds is 6. The minimum Gasteiger partial charge on any atom is -0.363 e. The highest BCUT2D eigenvalue weighted by molar-refractivity contribution is 5.95. The van der Waals surface area contributed by atoms with Crippen molar-refractivity contribution in [2.45, 2.75) is 44.6 Å². The number of piperidine rings is 1. The third kappa shape index (κ3) is 4.83. The number of nitrogens with zero attached hydrogens (tertiary/aromatic N) is 4. The third-order valence-electron chi connectivity index (χ3n) is 7.82. The molecule has 7 nitrogen and oxygen atoms in total. The number of nitrogens with one attached hydrogen (secondary N) is 2. The van der Waals surface area contributed by atoms with Crippen LogP contribution in [0.4, 0.5) is 17.3 Å². The number of likely N-dealkylation sites (tertiary alicyclic amines) is 1. The normalized spacial score (nSPS) is 16.7. The van der Waals surface area contributed by atoms with Crippen molar-refractivity contribution >= 4 is 28.1 Å². The summed E-state index contributed by atoms with van der Waals surface area (Å²) in [5, 5.41) is 4.85. The molecule has 4 heterocycles. The zero-order chi connectivity index (χ0) is 25.5.